The number of nitrogens with zero attached hydrogens (tertiary/aromatic N) is 5. The first-order valence-electron chi connectivity index (χ1n) is 14.1. The summed E-state index contributed by atoms with van der Waals surface area (Å²) in [5, 5.41) is 12.9. The van der Waals surface area contributed by atoms with E-state index in [1.54, 1.807) is 6.26 Å². The molecule has 0 unspecified atom stereocenters. The minimum atomic E-state index is -5.27. The minimum absolute atomic E-state index is 0.0753. The summed E-state index contributed by atoms with van der Waals surface area (Å²) in [5.41, 5.74) is -7.98. The van der Waals surface area contributed by atoms with Crippen LogP contribution in [0, 0.1) is 5.82 Å². The van der Waals surface area contributed by atoms with Crippen molar-refractivity contribution in [2.75, 3.05) is 13.4 Å². The monoisotopic (exact) mass is 753 g/mol. The SMILES string of the molecule is COc1c(F)cc(-n2ncc(C(=O)O)c2C(F)(F)F)cc1-c1cnc(SC)nc1CN1C(=O)O[C@H](c2cc(C(F)(F)F)cc(C(F)(F)F)c2)[C@@H]1C. The van der Waals surface area contributed by atoms with Gasteiger partial charge in [-0.15, -0.1) is 0 Å². The van der Waals surface area contributed by atoms with E-state index < -0.39 is 94.5 Å². The molecule has 1 saturated heterocycles. The fourth-order valence-corrected chi connectivity index (χ4v) is 5.75. The lowest BCUT2D eigenvalue weighted by Gasteiger charge is -2.23. The highest BCUT2D eigenvalue weighted by atomic mass is 32.2. The third kappa shape index (κ3) is 7.24. The number of amides is 1. The zero-order valence-electron chi connectivity index (χ0n) is 25.9. The number of carboxylic acid groups (broad SMARTS) is 1. The van der Waals surface area contributed by atoms with Gasteiger partial charge in [0, 0.05) is 23.4 Å². The fraction of sp³-hybridized carbons (Fsp3) is 0.300. The number of aromatic nitrogens is 4. The Bertz CT molecular complexity index is 1980. The lowest BCUT2D eigenvalue weighted by atomic mass is 9.97. The third-order valence-corrected chi connectivity index (χ3v) is 8.28. The number of thioether (sulfide) groups is 1. The van der Waals surface area contributed by atoms with Crippen LogP contribution >= 0.6 is 11.8 Å². The van der Waals surface area contributed by atoms with Gasteiger partial charge in [-0.05, 0) is 43.0 Å². The largest absolute Gasteiger partial charge is 0.493 e. The lowest BCUT2D eigenvalue weighted by Crippen LogP contribution is -2.32. The number of rotatable bonds is 8. The number of cyclic esters (lactones) is 1. The maximum atomic E-state index is 15.5. The highest BCUT2D eigenvalue weighted by Gasteiger charge is 2.44. The molecule has 2 atom stereocenters. The number of ether oxygens (including phenoxy) is 2. The van der Waals surface area contributed by atoms with Crippen molar-refractivity contribution in [3.8, 4) is 22.6 Å². The number of carbonyl (C=O) groups is 2. The zero-order chi connectivity index (χ0) is 37.8. The van der Waals surface area contributed by atoms with Crippen molar-refractivity contribution < 1.29 is 68.1 Å². The molecule has 21 heteroatoms. The number of aromatic carboxylic acids is 1. The molecule has 1 fully saturated rings. The fourth-order valence-electron chi connectivity index (χ4n) is 5.39. The van der Waals surface area contributed by atoms with Gasteiger partial charge in [-0.25, -0.2) is 28.6 Å². The number of hydrogen-bond donors (Lipinski definition) is 1. The molecule has 0 saturated carbocycles. The van der Waals surface area contributed by atoms with Gasteiger partial charge in [0.2, 0.25) is 0 Å². The number of benzene rings is 2. The Labute approximate surface area is 284 Å². The molecule has 0 spiro atoms. The molecule has 4 aromatic rings. The van der Waals surface area contributed by atoms with Crippen molar-refractivity contribution in [3.05, 3.63) is 82.2 Å². The van der Waals surface area contributed by atoms with E-state index in [0.29, 0.717) is 24.4 Å². The molecule has 1 aliphatic heterocycles. The highest BCUT2D eigenvalue weighted by molar-refractivity contribution is 7.98. The van der Waals surface area contributed by atoms with Crippen molar-refractivity contribution in [1.29, 1.82) is 0 Å². The number of hydrogen-bond acceptors (Lipinski definition) is 8. The number of alkyl halides is 9. The molecule has 1 amide bonds. The maximum Gasteiger partial charge on any atom is 0.434 e. The molecule has 0 bridgehead atoms. The van der Waals surface area contributed by atoms with Crippen LogP contribution in [-0.4, -0.2) is 61.2 Å². The first-order valence-corrected chi connectivity index (χ1v) is 15.3. The van der Waals surface area contributed by atoms with Crippen molar-refractivity contribution in [2.45, 2.75) is 49.3 Å². The van der Waals surface area contributed by atoms with Crippen LogP contribution in [0.2, 0.25) is 0 Å². The number of carbonyl (C=O) groups excluding carboxylic acids is 1. The van der Waals surface area contributed by atoms with Gasteiger partial charge in [-0.2, -0.15) is 44.6 Å². The molecule has 1 N–H and O–H groups in total. The topological polar surface area (TPSA) is 120 Å². The lowest BCUT2D eigenvalue weighted by molar-refractivity contribution is -0.144. The van der Waals surface area contributed by atoms with E-state index in [0.717, 1.165) is 36.0 Å². The second-order valence-electron chi connectivity index (χ2n) is 10.9. The summed E-state index contributed by atoms with van der Waals surface area (Å²) in [5.74, 6) is -3.74. The van der Waals surface area contributed by atoms with Gasteiger partial charge < -0.3 is 14.6 Å². The molecule has 5 rings (SSSR count). The van der Waals surface area contributed by atoms with Gasteiger partial charge >= 0.3 is 30.6 Å². The van der Waals surface area contributed by atoms with Gasteiger partial charge in [0.15, 0.2) is 22.4 Å². The van der Waals surface area contributed by atoms with Crippen LogP contribution in [0.25, 0.3) is 16.8 Å². The van der Waals surface area contributed by atoms with Crippen LogP contribution in [0.1, 0.15) is 51.5 Å². The number of carboxylic acids is 1. The third-order valence-electron chi connectivity index (χ3n) is 7.71. The van der Waals surface area contributed by atoms with Crippen molar-refractivity contribution in [2.24, 2.45) is 0 Å². The normalized spacial score (nSPS) is 16.8. The van der Waals surface area contributed by atoms with Gasteiger partial charge in [-0.3, -0.25) is 4.90 Å². The Morgan fingerprint density at radius 2 is 1.59 bits per heavy atom. The Balaban J connectivity index is 1.61. The highest BCUT2D eigenvalue weighted by Crippen LogP contribution is 2.43. The quantitative estimate of drug-likeness (QED) is 0.108. The Morgan fingerprint density at radius 3 is 2.12 bits per heavy atom. The van der Waals surface area contributed by atoms with Gasteiger partial charge in [0.1, 0.15) is 11.7 Å². The van der Waals surface area contributed by atoms with E-state index in [1.807, 2.05) is 0 Å². The van der Waals surface area contributed by atoms with Crippen LogP contribution in [0.4, 0.5) is 48.7 Å². The Hall–Kier alpha value is -5.08. The standard InChI is InChI=1S/C30H21F10N5O5S/c1-12-22(13-4-14(28(32,33)34)6-15(5-13)29(35,36)37)50-27(48)44(12)11-21-18(9-41-26(43-21)51-3)17-7-16(8-20(31)23(17)49-2)45-24(30(38,39)40)19(10-42-45)25(46)47/h4-10,12,22H,11H2,1-3H3,(H,46,47)/t12-,22-/m0/s1. The van der Waals surface area contributed by atoms with E-state index >= 15 is 4.39 Å². The average molecular weight is 754 g/mol. The van der Waals surface area contributed by atoms with Gasteiger partial charge in [-0.1, -0.05) is 11.8 Å². The predicted octanol–water partition coefficient (Wildman–Crippen LogP) is 8.04. The van der Waals surface area contributed by atoms with E-state index in [9.17, 15) is 54.2 Å². The molecule has 51 heavy (non-hydrogen) atoms. The molecule has 2 aromatic carbocycles. The zero-order valence-corrected chi connectivity index (χ0v) is 26.7. The molecule has 272 valence electrons. The summed E-state index contributed by atoms with van der Waals surface area (Å²) in [6.45, 7) is 0.720. The molecular weight excluding hydrogens is 732 g/mol. The van der Waals surface area contributed by atoms with E-state index in [1.165, 1.54) is 6.92 Å². The molecule has 1 aliphatic rings. The second kappa shape index (κ2) is 13.2. The average Bonchev–Trinajstić information content (AvgIpc) is 3.62. The summed E-state index contributed by atoms with van der Waals surface area (Å²) < 4.78 is 149. The van der Waals surface area contributed by atoms with E-state index in [2.05, 4.69) is 15.1 Å². The van der Waals surface area contributed by atoms with Crippen molar-refractivity contribution >= 4 is 23.8 Å². The number of halogens is 10. The molecule has 2 aromatic heterocycles. The second-order valence-corrected chi connectivity index (χ2v) is 11.6. The van der Waals surface area contributed by atoms with E-state index in [4.69, 9.17) is 9.47 Å². The first-order chi connectivity index (χ1) is 23.6. The maximum absolute atomic E-state index is 15.5. The molecule has 10 nitrogen and oxygen atoms in total. The Kier molecular flexibility index (Phi) is 9.65. The summed E-state index contributed by atoms with van der Waals surface area (Å²) in [6, 6.07) is 1.11. The summed E-state index contributed by atoms with van der Waals surface area (Å²) in [4.78, 5) is 34.0. The number of methoxy groups -OCH3 is 1. The summed E-state index contributed by atoms with van der Waals surface area (Å²) in [6.07, 6.45) is -15.3. The Morgan fingerprint density at radius 1 is 0.961 bits per heavy atom. The van der Waals surface area contributed by atoms with Crippen molar-refractivity contribution in [3.63, 3.8) is 0 Å². The van der Waals surface area contributed by atoms with Crippen LogP contribution in [0.15, 0.2) is 47.9 Å². The molecule has 0 aliphatic carbocycles. The van der Waals surface area contributed by atoms with Crippen LogP contribution in [-0.2, 0) is 29.8 Å². The predicted molar refractivity (Wildman–Crippen MR) is 156 cm³/mol. The first kappa shape index (κ1) is 37.2. The molecule has 3 heterocycles. The van der Waals surface area contributed by atoms with Crippen LogP contribution in [0.5, 0.6) is 5.75 Å². The smallest absolute Gasteiger partial charge is 0.434 e. The van der Waals surface area contributed by atoms with E-state index in [-0.39, 0.29) is 32.7 Å². The van der Waals surface area contributed by atoms with Crippen LogP contribution in [0.3, 0.4) is 0 Å². The van der Waals surface area contributed by atoms with Crippen LogP contribution < -0.4 is 4.74 Å². The van der Waals surface area contributed by atoms with Crippen molar-refractivity contribution in [1.82, 2.24) is 24.6 Å². The minimum Gasteiger partial charge on any atom is -0.493 e. The summed E-state index contributed by atoms with van der Waals surface area (Å²) >= 11 is 1.00. The molecular formula is C30H21F10N5O5S. The van der Waals surface area contributed by atoms with Gasteiger partial charge in [0.05, 0.1) is 48.4 Å². The molecule has 0 radical (unpaired) electrons. The summed E-state index contributed by atoms with van der Waals surface area (Å²) in [7, 11) is 1.03. The van der Waals surface area contributed by atoms with Gasteiger partial charge in [0.25, 0.3) is 0 Å².